The zero-order valence-corrected chi connectivity index (χ0v) is 11.4. The largest absolute Gasteiger partial charge is 0.393 e. The minimum absolute atomic E-state index is 0.0688. The van der Waals surface area contributed by atoms with Crippen LogP contribution in [0.3, 0.4) is 0 Å². The number of hydrogen-bond donors (Lipinski definition) is 2. The smallest absolute Gasteiger partial charge is 0.0951 e. The molecule has 0 saturated heterocycles. The van der Waals surface area contributed by atoms with Gasteiger partial charge in [-0.2, -0.15) is 0 Å². The van der Waals surface area contributed by atoms with E-state index in [4.69, 9.17) is 5.73 Å². The molecule has 0 aliphatic heterocycles. The van der Waals surface area contributed by atoms with Crippen LogP contribution in [-0.4, -0.2) is 20.8 Å². The molecule has 1 fully saturated rings. The first-order valence-corrected chi connectivity index (χ1v) is 7.03. The van der Waals surface area contributed by atoms with Crippen LogP contribution in [0.2, 0.25) is 0 Å². The normalized spacial score (nSPS) is 26.5. The van der Waals surface area contributed by atoms with Gasteiger partial charge in [-0.15, -0.1) is 0 Å². The minimum atomic E-state index is -0.113. The van der Waals surface area contributed by atoms with Crippen LogP contribution in [-0.2, 0) is 0 Å². The number of imidazole rings is 1. The van der Waals surface area contributed by atoms with E-state index in [9.17, 15) is 5.11 Å². The molecule has 1 aromatic heterocycles. The zero-order valence-electron chi connectivity index (χ0n) is 11.4. The highest BCUT2D eigenvalue weighted by Gasteiger charge is 2.23. The second-order valence-corrected chi connectivity index (χ2v) is 5.92. The molecule has 1 aromatic rings. The molecule has 0 bridgehead atoms. The Bertz CT molecular complexity index is 367. The van der Waals surface area contributed by atoms with Gasteiger partial charge >= 0.3 is 0 Å². The summed E-state index contributed by atoms with van der Waals surface area (Å²) in [6, 6.07) is 0.531. The summed E-state index contributed by atoms with van der Waals surface area (Å²) in [7, 11) is 0. The van der Waals surface area contributed by atoms with E-state index in [-0.39, 0.29) is 12.1 Å². The van der Waals surface area contributed by atoms with Gasteiger partial charge in [-0.1, -0.05) is 13.8 Å². The van der Waals surface area contributed by atoms with Crippen LogP contribution < -0.4 is 5.73 Å². The Morgan fingerprint density at radius 2 is 2.06 bits per heavy atom. The molecule has 2 rings (SSSR count). The lowest BCUT2D eigenvalue weighted by atomic mass is 9.92. The number of aliphatic hydroxyl groups excluding tert-OH is 1. The van der Waals surface area contributed by atoms with Crippen molar-refractivity contribution in [1.29, 1.82) is 0 Å². The first-order chi connectivity index (χ1) is 8.58. The SMILES string of the molecule is CC(C)CC(N)c1cncn1C1CCC(O)CC1. The van der Waals surface area contributed by atoms with Crippen molar-refractivity contribution < 1.29 is 5.11 Å². The van der Waals surface area contributed by atoms with Crippen molar-refractivity contribution in [2.45, 2.75) is 64.1 Å². The van der Waals surface area contributed by atoms with Crippen molar-refractivity contribution >= 4 is 0 Å². The molecule has 1 atom stereocenters. The summed E-state index contributed by atoms with van der Waals surface area (Å²) in [6.07, 6.45) is 8.51. The monoisotopic (exact) mass is 251 g/mol. The molecular formula is C14H25N3O. The molecule has 1 aliphatic rings. The van der Waals surface area contributed by atoms with Crippen molar-refractivity contribution in [3.63, 3.8) is 0 Å². The number of nitrogens with two attached hydrogens (primary N) is 1. The summed E-state index contributed by atoms with van der Waals surface area (Å²) < 4.78 is 2.24. The first kappa shape index (κ1) is 13.6. The average Bonchev–Trinajstić information content (AvgIpc) is 2.78. The molecule has 4 nitrogen and oxygen atoms in total. The fourth-order valence-electron chi connectivity index (χ4n) is 2.87. The molecule has 1 heterocycles. The Morgan fingerprint density at radius 1 is 1.39 bits per heavy atom. The Hall–Kier alpha value is -0.870. The quantitative estimate of drug-likeness (QED) is 0.863. The van der Waals surface area contributed by atoms with E-state index in [0.29, 0.717) is 12.0 Å². The summed E-state index contributed by atoms with van der Waals surface area (Å²) >= 11 is 0. The molecule has 0 radical (unpaired) electrons. The maximum atomic E-state index is 9.57. The summed E-state index contributed by atoms with van der Waals surface area (Å²) in [5, 5.41) is 9.57. The lowest BCUT2D eigenvalue weighted by Gasteiger charge is -2.29. The summed E-state index contributed by atoms with van der Waals surface area (Å²) in [6.45, 7) is 4.38. The van der Waals surface area contributed by atoms with E-state index in [1.54, 1.807) is 0 Å². The van der Waals surface area contributed by atoms with Crippen LogP contribution >= 0.6 is 0 Å². The van der Waals surface area contributed by atoms with E-state index < -0.39 is 0 Å². The van der Waals surface area contributed by atoms with Gasteiger partial charge < -0.3 is 15.4 Å². The Morgan fingerprint density at radius 3 is 2.67 bits per heavy atom. The summed E-state index contributed by atoms with van der Waals surface area (Å²) in [5.74, 6) is 0.594. The minimum Gasteiger partial charge on any atom is -0.393 e. The number of aromatic nitrogens is 2. The van der Waals surface area contributed by atoms with E-state index in [1.807, 2.05) is 12.5 Å². The van der Waals surface area contributed by atoms with Crippen LogP contribution in [0.15, 0.2) is 12.5 Å². The third-order valence-corrected chi connectivity index (χ3v) is 3.86. The lowest BCUT2D eigenvalue weighted by Crippen LogP contribution is -2.24. The van der Waals surface area contributed by atoms with Gasteiger partial charge in [-0.05, 0) is 38.0 Å². The molecule has 18 heavy (non-hydrogen) atoms. The van der Waals surface area contributed by atoms with Crippen molar-refractivity contribution in [3.05, 3.63) is 18.2 Å². The van der Waals surface area contributed by atoms with Crippen molar-refractivity contribution in [2.75, 3.05) is 0 Å². The fraction of sp³-hybridized carbons (Fsp3) is 0.786. The number of aliphatic hydroxyl groups is 1. The highest BCUT2D eigenvalue weighted by Crippen LogP contribution is 2.31. The third kappa shape index (κ3) is 3.12. The summed E-state index contributed by atoms with van der Waals surface area (Å²) in [4.78, 5) is 4.27. The molecule has 1 unspecified atom stereocenters. The topological polar surface area (TPSA) is 64.1 Å². The Labute approximate surface area is 109 Å². The molecule has 1 saturated carbocycles. The van der Waals surface area contributed by atoms with Gasteiger partial charge in [0.1, 0.15) is 0 Å². The van der Waals surface area contributed by atoms with Crippen LogP contribution in [0.1, 0.15) is 63.7 Å². The zero-order chi connectivity index (χ0) is 13.1. The van der Waals surface area contributed by atoms with Gasteiger partial charge in [0.05, 0.1) is 18.1 Å². The van der Waals surface area contributed by atoms with E-state index in [0.717, 1.165) is 37.8 Å². The highest BCUT2D eigenvalue weighted by atomic mass is 16.3. The number of nitrogens with zero attached hydrogens (tertiary/aromatic N) is 2. The maximum absolute atomic E-state index is 9.57. The second kappa shape index (κ2) is 5.85. The molecule has 0 amide bonds. The van der Waals surface area contributed by atoms with E-state index >= 15 is 0 Å². The molecule has 102 valence electrons. The standard InChI is InChI=1S/C14H25N3O/c1-10(2)7-13(15)14-8-16-9-17(14)11-3-5-12(18)6-4-11/h8-13,18H,3-7,15H2,1-2H3. The van der Waals surface area contributed by atoms with Crippen molar-refractivity contribution in [1.82, 2.24) is 9.55 Å². The van der Waals surface area contributed by atoms with Gasteiger partial charge in [0, 0.05) is 18.3 Å². The molecule has 3 N–H and O–H groups in total. The molecule has 0 spiro atoms. The fourth-order valence-corrected chi connectivity index (χ4v) is 2.87. The maximum Gasteiger partial charge on any atom is 0.0951 e. The van der Waals surface area contributed by atoms with Crippen molar-refractivity contribution in [3.8, 4) is 0 Å². The Kier molecular flexibility index (Phi) is 4.40. The van der Waals surface area contributed by atoms with Crippen LogP contribution in [0, 0.1) is 5.92 Å². The molecule has 0 aromatic carbocycles. The van der Waals surface area contributed by atoms with Crippen LogP contribution in [0.25, 0.3) is 0 Å². The van der Waals surface area contributed by atoms with E-state index in [2.05, 4.69) is 23.4 Å². The van der Waals surface area contributed by atoms with Gasteiger partial charge in [0.15, 0.2) is 0 Å². The predicted octanol–water partition coefficient (Wildman–Crippen LogP) is 2.41. The predicted molar refractivity (Wildman–Crippen MR) is 72.1 cm³/mol. The third-order valence-electron chi connectivity index (χ3n) is 3.86. The molecular weight excluding hydrogens is 226 g/mol. The van der Waals surface area contributed by atoms with Gasteiger partial charge in [0.2, 0.25) is 0 Å². The number of rotatable bonds is 4. The molecule has 4 heteroatoms. The number of hydrogen-bond acceptors (Lipinski definition) is 3. The average molecular weight is 251 g/mol. The lowest BCUT2D eigenvalue weighted by molar-refractivity contribution is 0.110. The van der Waals surface area contributed by atoms with Crippen LogP contribution in [0.5, 0.6) is 0 Å². The van der Waals surface area contributed by atoms with Gasteiger partial charge in [-0.25, -0.2) is 4.98 Å². The highest BCUT2D eigenvalue weighted by molar-refractivity contribution is 5.06. The second-order valence-electron chi connectivity index (χ2n) is 5.92. The first-order valence-electron chi connectivity index (χ1n) is 7.03. The molecule has 1 aliphatic carbocycles. The van der Waals surface area contributed by atoms with Crippen LogP contribution in [0.4, 0.5) is 0 Å². The van der Waals surface area contributed by atoms with Crippen molar-refractivity contribution in [2.24, 2.45) is 11.7 Å². The van der Waals surface area contributed by atoms with Gasteiger partial charge in [-0.3, -0.25) is 0 Å². The van der Waals surface area contributed by atoms with E-state index in [1.165, 1.54) is 0 Å². The summed E-state index contributed by atoms with van der Waals surface area (Å²) in [5.41, 5.74) is 7.41. The Balaban J connectivity index is 2.07. The van der Waals surface area contributed by atoms with Gasteiger partial charge in [0.25, 0.3) is 0 Å².